The Kier molecular flexibility index (Phi) is 4.07. The topological polar surface area (TPSA) is 74.8 Å². The van der Waals surface area contributed by atoms with E-state index in [2.05, 4.69) is 15.4 Å². The third-order valence-electron chi connectivity index (χ3n) is 3.01. The van der Waals surface area contributed by atoms with Gasteiger partial charge in [-0.05, 0) is 12.1 Å². The minimum absolute atomic E-state index is 0.0340. The molecule has 0 aliphatic rings. The predicted octanol–water partition coefficient (Wildman–Crippen LogP) is 2.15. The number of carbonyl (C=O) groups is 1. The van der Waals surface area contributed by atoms with E-state index in [9.17, 15) is 9.18 Å². The number of hydrogen-bond donors (Lipinski definition) is 0. The molecule has 0 atom stereocenters. The Morgan fingerprint density at radius 1 is 1.39 bits per heavy atom. The molecule has 118 valence electrons. The summed E-state index contributed by atoms with van der Waals surface area (Å²) < 4.78 is 21.8. The average Bonchev–Trinajstić information content (AvgIpc) is 3.17. The van der Waals surface area contributed by atoms with Gasteiger partial charge in [-0.2, -0.15) is 5.10 Å². The molecule has 23 heavy (non-hydrogen) atoms. The molecule has 2 aromatic heterocycles. The molecule has 0 N–H and O–H groups in total. The normalized spacial score (nSPS) is 10.7. The summed E-state index contributed by atoms with van der Waals surface area (Å²) in [6.45, 7) is 0.0606. The van der Waals surface area contributed by atoms with Crippen LogP contribution < -0.4 is 0 Å². The fraction of sp³-hybridized carbons (Fsp3) is 0.143. The molecular weight excluding hydrogens is 325 g/mol. The zero-order chi connectivity index (χ0) is 16.4. The first-order chi connectivity index (χ1) is 11.0. The fourth-order valence-electron chi connectivity index (χ4n) is 1.91. The van der Waals surface area contributed by atoms with E-state index in [0.717, 1.165) is 10.2 Å². The maximum Gasteiger partial charge on any atom is 0.360 e. The van der Waals surface area contributed by atoms with Crippen molar-refractivity contribution in [2.24, 2.45) is 7.05 Å². The number of nitrogens with zero attached hydrogens (tertiary/aromatic N) is 5. The van der Waals surface area contributed by atoms with Gasteiger partial charge in [0.1, 0.15) is 12.3 Å². The van der Waals surface area contributed by atoms with Gasteiger partial charge < -0.3 is 4.74 Å². The number of aryl methyl sites for hydroxylation is 1. The number of ether oxygens (including phenoxy) is 1. The summed E-state index contributed by atoms with van der Waals surface area (Å²) >= 11 is 5.72. The molecule has 0 radical (unpaired) electrons. The maximum atomic E-state index is 13.9. The summed E-state index contributed by atoms with van der Waals surface area (Å²) in [7, 11) is 1.76. The zero-order valence-corrected chi connectivity index (χ0v) is 12.7. The predicted molar refractivity (Wildman–Crippen MR) is 78.7 cm³/mol. The van der Waals surface area contributed by atoms with Crippen LogP contribution in [-0.4, -0.2) is 30.7 Å². The summed E-state index contributed by atoms with van der Waals surface area (Å²) in [4.78, 5) is 11.9. The summed E-state index contributed by atoms with van der Waals surface area (Å²) in [6, 6.07) is 4.46. The standard InChI is InChI=1S/C14H11ClFN5O2/c1-20-6-9(5-17-20)8-23-14(22)11-7-21(19-18-11)12-4-2-3-10(15)13(12)16/h2-7H,8H2,1H3. The van der Waals surface area contributed by atoms with Gasteiger partial charge >= 0.3 is 5.97 Å². The second-order valence-electron chi connectivity index (χ2n) is 4.72. The van der Waals surface area contributed by atoms with Gasteiger partial charge in [0.05, 0.1) is 17.4 Å². The minimum Gasteiger partial charge on any atom is -0.456 e. The number of benzene rings is 1. The van der Waals surface area contributed by atoms with Crippen LogP contribution in [0.4, 0.5) is 4.39 Å². The van der Waals surface area contributed by atoms with E-state index in [1.54, 1.807) is 30.2 Å². The zero-order valence-electron chi connectivity index (χ0n) is 12.0. The molecule has 0 amide bonds. The van der Waals surface area contributed by atoms with Crippen LogP contribution >= 0.6 is 11.6 Å². The van der Waals surface area contributed by atoms with E-state index in [1.165, 1.54) is 18.3 Å². The molecule has 0 spiro atoms. The first-order valence-corrected chi connectivity index (χ1v) is 6.94. The van der Waals surface area contributed by atoms with Crippen LogP contribution in [0.2, 0.25) is 5.02 Å². The van der Waals surface area contributed by atoms with Crippen molar-refractivity contribution in [1.82, 2.24) is 24.8 Å². The molecule has 2 heterocycles. The van der Waals surface area contributed by atoms with Gasteiger partial charge in [0.25, 0.3) is 0 Å². The third-order valence-corrected chi connectivity index (χ3v) is 3.30. The Balaban J connectivity index is 1.73. The van der Waals surface area contributed by atoms with Crippen LogP contribution in [0, 0.1) is 5.82 Å². The van der Waals surface area contributed by atoms with E-state index in [-0.39, 0.29) is 23.0 Å². The van der Waals surface area contributed by atoms with Crippen LogP contribution in [0.25, 0.3) is 5.69 Å². The van der Waals surface area contributed by atoms with Crippen LogP contribution in [0.5, 0.6) is 0 Å². The average molecular weight is 336 g/mol. The molecule has 3 rings (SSSR count). The number of aromatic nitrogens is 5. The summed E-state index contributed by atoms with van der Waals surface area (Å²) in [5.74, 6) is -1.31. The molecule has 0 fully saturated rings. The van der Waals surface area contributed by atoms with Crippen LogP contribution in [0.3, 0.4) is 0 Å². The van der Waals surface area contributed by atoms with Crippen molar-refractivity contribution in [2.45, 2.75) is 6.61 Å². The molecule has 7 nitrogen and oxygen atoms in total. The van der Waals surface area contributed by atoms with E-state index in [1.807, 2.05) is 0 Å². The fourth-order valence-corrected chi connectivity index (χ4v) is 2.08. The molecule has 0 unspecified atom stereocenters. The SMILES string of the molecule is Cn1cc(COC(=O)c2cn(-c3cccc(Cl)c3F)nn2)cn1. The summed E-state index contributed by atoms with van der Waals surface area (Å²) in [5, 5.41) is 11.3. The van der Waals surface area contributed by atoms with E-state index >= 15 is 0 Å². The number of esters is 1. The van der Waals surface area contributed by atoms with Crippen LogP contribution in [-0.2, 0) is 18.4 Å². The molecule has 0 bridgehead atoms. The lowest BCUT2D eigenvalue weighted by molar-refractivity contribution is 0.0465. The van der Waals surface area contributed by atoms with Crippen molar-refractivity contribution in [3.05, 3.63) is 58.9 Å². The maximum absolute atomic E-state index is 13.9. The lowest BCUT2D eigenvalue weighted by Gasteiger charge is -2.02. The Bertz CT molecular complexity index is 860. The number of carbonyl (C=O) groups excluding carboxylic acids is 1. The van der Waals surface area contributed by atoms with Gasteiger partial charge in [-0.25, -0.2) is 13.9 Å². The van der Waals surface area contributed by atoms with Crippen molar-refractivity contribution >= 4 is 17.6 Å². The largest absolute Gasteiger partial charge is 0.456 e. The lowest BCUT2D eigenvalue weighted by atomic mass is 10.3. The van der Waals surface area contributed by atoms with Gasteiger partial charge in [0.15, 0.2) is 11.5 Å². The first-order valence-electron chi connectivity index (χ1n) is 6.56. The van der Waals surface area contributed by atoms with Crippen LogP contribution in [0.1, 0.15) is 16.1 Å². The second kappa shape index (κ2) is 6.17. The molecular formula is C14H11ClFN5O2. The van der Waals surface area contributed by atoms with Gasteiger partial charge in [0.2, 0.25) is 0 Å². The highest BCUT2D eigenvalue weighted by Crippen LogP contribution is 2.20. The van der Waals surface area contributed by atoms with E-state index < -0.39 is 11.8 Å². The van der Waals surface area contributed by atoms with Gasteiger partial charge in [-0.15, -0.1) is 5.10 Å². The number of rotatable bonds is 4. The lowest BCUT2D eigenvalue weighted by Crippen LogP contribution is -2.05. The molecule has 1 aromatic carbocycles. The third kappa shape index (κ3) is 3.21. The molecule has 0 aliphatic heterocycles. The van der Waals surface area contributed by atoms with Crippen molar-refractivity contribution in [1.29, 1.82) is 0 Å². The Morgan fingerprint density at radius 2 is 2.22 bits per heavy atom. The summed E-state index contributed by atoms with van der Waals surface area (Å²) in [5.41, 5.74) is 0.804. The van der Waals surface area contributed by atoms with Gasteiger partial charge in [0, 0.05) is 18.8 Å². The smallest absolute Gasteiger partial charge is 0.360 e. The number of halogens is 2. The van der Waals surface area contributed by atoms with Gasteiger partial charge in [-0.1, -0.05) is 22.9 Å². The molecule has 0 aliphatic carbocycles. The molecule has 0 saturated heterocycles. The van der Waals surface area contributed by atoms with Crippen molar-refractivity contribution in [2.75, 3.05) is 0 Å². The number of hydrogen-bond acceptors (Lipinski definition) is 5. The highest BCUT2D eigenvalue weighted by molar-refractivity contribution is 6.30. The van der Waals surface area contributed by atoms with E-state index in [0.29, 0.717) is 0 Å². The Labute approximate surface area is 135 Å². The van der Waals surface area contributed by atoms with Crippen molar-refractivity contribution < 1.29 is 13.9 Å². The van der Waals surface area contributed by atoms with E-state index in [4.69, 9.17) is 16.3 Å². The summed E-state index contributed by atoms with van der Waals surface area (Å²) in [6.07, 6.45) is 4.59. The Hall–Kier alpha value is -2.74. The molecule has 3 aromatic rings. The minimum atomic E-state index is -0.664. The molecule has 0 saturated carbocycles. The highest BCUT2D eigenvalue weighted by Gasteiger charge is 2.16. The van der Waals surface area contributed by atoms with Gasteiger partial charge in [-0.3, -0.25) is 4.68 Å². The molecule has 9 heteroatoms. The second-order valence-corrected chi connectivity index (χ2v) is 5.13. The monoisotopic (exact) mass is 335 g/mol. The Morgan fingerprint density at radius 3 is 2.96 bits per heavy atom. The van der Waals surface area contributed by atoms with Crippen molar-refractivity contribution in [3.8, 4) is 5.69 Å². The quantitative estimate of drug-likeness (QED) is 0.683. The first kappa shape index (κ1) is 15.2. The highest BCUT2D eigenvalue weighted by atomic mass is 35.5. The van der Waals surface area contributed by atoms with Crippen LogP contribution in [0.15, 0.2) is 36.8 Å². The van der Waals surface area contributed by atoms with Crippen molar-refractivity contribution in [3.63, 3.8) is 0 Å².